The number of benzene rings is 1. The summed E-state index contributed by atoms with van der Waals surface area (Å²) in [6, 6.07) is 7.57. The zero-order valence-electron chi connectivity index (χ0n) is 14.1. The fraction of sp³-hybridized carbons (Fsp3) is 0.389. The van der Waals surface area contributed by atoms with Crippen molar-refractivity contribution in [1.82, 2.24) is 14.9 Å². The third-order valence-electron chi connectivity index (χ3n) is 4.06. The number of carbonyl (C=O) groups excluding carboxylic acids is 1. The number of halogens is 2. The van der Waals surface area contributed by atoms with Crippen LogP contribution in [0.5, 0.6) is 6.01 Å². The number of piperidine rings is 1. The summed E-state index contributed by atoms with van der Waals surface area (Å²) in [6.45, 7) is 5.01. The van der Waals surface area contributed by atoms with E-state index in [9.17, 15) is 4.79 Å². The Labute approximate surface area is 160 Å². The molecule has 0 N–H and O–H groups in total. The molecule has 0 saturated carbocycles. The molecule has 25 heavy (non-hydrogen) atoms. The van der Waals surface area contributed by atoms with Crippen molar-refractivity contribution in [1.29, 1.82) is 0 Å². The van der Waals surface area contributed by atoms with Gasteiger partial charge in [-0.1, -0.05) is 27.5 Å². The molecule has 2 heterocycles. The molecule has 0 spiro atoms. The van der Waals surface area contributed by atoms with Crippen LogP contribution in [-0.4, -0.2) is 40.0 Å². The number of aromatic nitrogens is 2. The maximum atomic E-state index is 12.8. The number of hydrogen-bond donors (Lipinski definition) is 0. The summed E-state index contributed by atoms with van der Waals surface area (Å²) in [6.07, 6.45) is 1.61. The molecule has 5 nitrogen and oxygen atoms in total. The van der Waals surface area contributed by atoms with Crippen LogP contribution in [0.2, 0.25) is 5.02 Å². The van der Waals surface area contributed by atoms with E-state index < -0.39 is 0 Å². The molecule has 0 radical (unpaired) electrons. The summed E-state index contributed by atoms with van der Waals surface area (Å²) in [4.78, 5) is 23.2. The molecule has 132 valence electrons. The van der Waals surface area contributed by atoms with Gasteiger partial charge in [-0.3, -0.25) is 4.79 Å². The Bertz CT molecular complexity index is 780. The molecule has 1 amide bonds. The fourth-order valence-corrected chi connectivity index (χ4v) is 3.51. The Balaban J connectivity index is 1.72. The summed E-state index contributed by atoms with van der Waals surface area (Å²) in [5, 5.41) is 0.453. The Morgan fingerprint density at radius 1 is 1.28 bits per heavy atom. The number of carbonyl (C=O) groups is 1. The van der Waals surface area contributed by atoms with E-state index in [0.717, 1.165) is 28.7 Å². The van der Waals surface area contributed by atoms with Gasteiger partial charge in [-0.25, -0.2) is 9.97 Å². The van der Waals surface area contributed by atoms with Gasteiger partial charge in [-0.15, -0.1) is 0 Å². The van der Waals surface area contributed by atoms with Gasteiger partial charge in [-0.2, -0.15) is 0 Å². The van der Waals surface area contributed by atoms with Crippen LogP contribution in [0.15, 0.2) is 28.7 Å². The third kappa shape index (κ3) is 4.50. The predicted octanol–water partition coefficient (Wildman–Crippen LogP) is 4.19. The zero-order chi connectivity index (χ0) is 18.0. The van der Waals surface area contributed by atoms with Gasteiger partial charge in [-0.05, 0) is 51.0 Å². The van der Waals surface area contributed by atoms with Crippen molar-refractivity contribution in [3.63, 3.8) is 0 Å². The highest BCUT2D eigenvalue weighted by atomic mass is 79.9. The predicted molar refractivity (Wildman–Crippen MR) is 100 cm³/mol. The normalized spacial score (nSPS) is 17.4. The summed E-state index contributed by atoms with van der Waals surface area (Å²) < 4.78 is 6.76. The number of aryl methyl sites for hydroxylation is 2. The second-order valence-electron chi connectivity index (χ2n) is 6.19. The molecule has 1 aromatic heterocycles. The number of rotatable bonds is 3. The second kappa shape index (κ2) is 7.70. The first-order valence-electron chi connectivity index (χ1n) is 8.15. The summed E-state index contributed by atoms with van der Waals surface area (Å²) >= 11 is 9.58. The SMILES string of the molecule is Cc1cc(C)nc(OC2CCCN(C(=O)c3cc(Br)ccc3Cl)C2)n1. The van der Waals surface area contributed by atoms with E-state index in [1.54, 1.807) is 17.0 Å². The van der Waals surface area contributed by atoms with Gasteiger partial charge in [0.05, 0.1) is 17.1 Å². The van der Waals surface area contributed by atoms with E-state index in [0.29, 0.717) is 29.7 Å². The lowest BCUT2D eigenvalue weighted by atomic mass is 10.1. The van der Waals surface area contributed by atoms with Crippen molar-refractivity contribution in [2.75, 3.05) is 13.1 Å². The molecule has 2 aromatic rings. The molecule has 1 fully saturated rings. The lowest BCUT2D eigenvalue weighted by molar-refractivity contribution is 0.0515. The van der Waals surface area contributed by atoms with Gasteiger partial charge in [0.15, 0.2) is 0 Å². The molecule has 0 bridgehead atoms. The van der Waals surface area contributed by atoms with E-state index in [2.05, 4.69) is 25.9 Å². The molecule has 1 atom stereocenters. The monoisotopic (exact) mass is 423 g/mol. The summed E-state index contributed by atoms with van der Waals surface area (Å²) in [5.41, 5.74) is 2.23. The first-order valence-corrected chi connectivity index (χ1v) is 9.33. The first-order chi connectivity index (χ1) is 11.9. The molecule has 1 aliphatic rings. The summed E-state index contributed by atoms with van der Waals surface area (Å²) in [5.74, 6) is -0.0825. The van der Waals surface area contributed by atoms with Crippen LogP contribution in [0.4, 0.5) is 0 Å². The first kappa shape index (κ1) is 18.1. The largest absolute Gasteiger partial charge is 0.458 e. The smallest absolute Gasteiger partial charge is 0.317 e. The average Bonchev–Trinajstić information content (AvgIpc) is 2.56. The molecular formula is C18H19BrClN3O2. The van der Waals surface area contributed by atoms with Crippen LogP contribution in [0, 0.1) is 13.8 Å². The Kier molecular flexibility index (Phi) is 5.59. The zero-order valence-corrected chi connectivity index (χ0v) is 16.5. The number of nitrogens with zero attached hydrogens (tertiary/aromatic N) is 3. The maximum absolute atomic E-state index is 12.8. The van der Waals surface area contributed by atoms with Crippen LogP contribution in [-0.2, 0) is 0 Å². The van der Waals surface area contributed by atoms with E-state index in [4.69, 9.17) is 16.3 Å². The number of ether oxygens (including phenoxy) is 1. The van der Waals surface area contributed by atoms with Crippen LogP contribution < -0.4 is 4.74 Å². The molecule has 1 saturated heterocycles. The Morgan fingerprint density at radius 2 is 2.00 bits per heavy atom. The topological polar surface area (TPSA) is 55.3 Å². The lowest BCUT2D eigenvalue weighted by Crippen LogP contribution is -2.44. The van der Waals surface area contributed by atoms with Gasteiger partial charge in [0, 0.05) is 22.4 Å². The highest BCUT2D eigenvalue weighted by Gasteiger charge is 2.27. The third-order valence-corrected chi connectivity index (χ3v) is 4.88. The van der Waals surface area contributed by atoms with Crippen LogP contribution in [0.1, 0.15) is 34.6 Å². The van der Waals surface area contributed by atoms with Gasteiger partial charge in [0.1, 0.15) is 6.10 Å². The number of likely N-dealkylation sites (tertiary alicyclic amines) is 1. The van der Waals surface area contributed by atoms with Crippen molar-refractivity contribution in [2.45, 2.75) is 32.8 Å². The van der Waals surface area contributed by atoms with Gasteiger partial charge < -0.3 is 9.64 Å². The highest BCUT2D eigenvalue weighted by Crippen LogP contribution is 2.24. The lowest BCUT2D eigenvalue weighted by Gasteiger charge is -2.32. The van der Waals surface area contributed by atoms with Crippen LogP contribution >= 0.6 is 27.5 Å². The Morgan fingerprint density at radius 3 is 2.72 bits per heavy atom. The van der Waals surface area contributed by atoms with Crippen molar-refractivity contribution in [2.24, 2.45) is 0 Å². The van der Waals surface area contributed by atoms with E-state index in [-0.39, 0.29) is 12.0 Å². The standard InChI is InChI=1S/C18H19BrClN3O2/c1-11-8-12(2)22-18(21-11)25-14-4-3-7-23(10-14)17(24)15-9-13(19)5-6-16(15)20/h5-6,8-9,14H,3-4,7,10H2,1-2H3. The highest BCUT2D eigenvalue weighted by molar-refractivity contribution is 9.10. The minimum Gasteiger partial charge on any atom is -0.458 e. The second-order valence-corrected chi connectivity index (χ2v) is 7.51. The van der Waals surface area contributed by atoms with Gasteiger partial charge >= 0.3 is 6.01 Å². The average molecular weight is 425 g/mol. The molecule has 1 aliphatic heterocycles. The number of amides is 1. The molecular weight excluding hydrogens is 406 g/mol. The molecule has 1 aromatic carbocycles. The molecule has 7 heteroatoms. The number of hydrogen-bond acceptors (Lipinski definition) is 4. The van der Waals surface area contributed by atoms with Crippen molar-refractivity contribution >= 4 is 33.4 Å². The quantitative estimate of drug-likeness (QED) is 0.741. The van der Waals surface area contributed by atoms with Gasteiger partial charge in [0.25, 0.3) is 5.91 Å². The molecule has 3 rings (SSSR count). The Hall–Kier alpha value is -1.66. The van der Waals surface area contributed by atoms with Crippen molar-refractivity contribution < 1.29 is 9.53 Å². The molecule has 1 unspecified atom stereocenters. The minimum absolute atomic E-state index is 0.0825. The van der Waals surface area contributed by atoms with Crippen LogP contribution in [0.25, 0.3) is 0 Å². The maximum Gasteiger partial charge on any atom is 0.317 e. The van der Waals surface area contributed by atoms with E-state index in [1.807, 2.05) is 26.0 Å². The van der Waals surface area contributed by atoms with Crippen molar-refractivity contribution in [3.05, 3.63) is 50.7 Å². The minimum atomic E-state index is -0.121. The van der Waals surface area contributed by atoms with E-state index in [1.165, 1.54) is 0 Å². The van der Waals surface area contributed by atoms with Crippen molar-refractivity contribution in [3.8, 4) is 6.01 Å². The van der Waals surface area contributed by atoms with Crippen LogP contribution in [0.3, 0.4) is 0 Å². The molecule has 0 aliphatic carbocycles. The van der Waals surface area contributed by atoms with Gasteiger partial charge in [0.2, 0.25) is 0 Å². The fourth-order valence-electron chi connectivity index (χ4n) is 2.95. The van der Waals surface area contributed by atoms with E-state index >= 15 is 0 Å². The summed E-state index contributed by atoms with van der Waals surface area (Å²) in [7, 11) is 0.